The van der Waals surface area contributed by atoms with Gasteiger partial charge < -0.3 is 23.5 Å². The third-order valence-corrected chi connectivity index (χ3v) is 3.48. The van der Waals surface area contributed by atoms with Crippen LogP contribution in [0.2, 0.25) is 0 Å². The van der Waals surface area contributed by atoms with E-state index in [2.05, 4.69) is 0 Å². The fourth-order valence-corrected chi connectivity index (χ4v) is 2.56. The molecule has 0 saturated heterocycles. The zero-order chi connectivity index (χ0) is 20.6. The van der Waals surface area contributed by atoms with Crippen LogP contribution in [0.25, 0.3) is 0 Å². The van der Waals surface area contributed by atoms with E-state index >= 15 is 0 Å². The van der Waals surface area contributed by atoms with Crippen molar-refractivity contribution in [2.45, 2.75) is 41.2 Å². The van der Waals surface area contributed by atoms with Crippen LogP contribution in [0.3, 0.4) is 0 Å². The second-order valence-electron chi connectivity index (χ2n) is 5.07. The highest BCUT2D eigenvalue weighted by Crippen LogP contribution is 2.27. The largest absolute Gasteiger partial charge is 0.462 e. The summed E-state index contributed by atoms with van der Waals surface area (Å²) < 4.78 is 21.2. The van der Waals surface area contributed by atoms with Crippen molar-refractivity contribution in [1.82, 2.24) is 4.57 Å². The molecule has 0 spiro atoms. The first-order valence-corrected chi connectivity index (χ1v) is 8.84. The van der Waals surface area contributed by atoms with Crippen LogP contribution in [0, 0.1) is 0 Å². The number of aromatic nitrogens is 1. The average Bonchev–Trinajstić information content (AvgIpc) is 2.98. The van der Waals surface area contributed by atoms with Crippen molar-refractivity contribution in [3.05, 3.63) is 22.5 Å². The molecule has 27 heavy (non-hydrogen) atoms. The molecule has 0 saturated carbocycles. The molecule has 0 amide bonds. The zero-order valence-electron chi connectivity index (χ0n) is 16.2. The molecule has 0 N–H and O–H groups in total. The normalized spacial score (nSPS) is 10.3. The number of hydrogen-bond donors (Lipinski definition) is 0. The molecule has 0 radical (unpaired) electrons. The Morgan fingerprint density at radius 2 is 0.889 bits per heavy atom. The number of nitrogens with zero attached hydrogens (tertiary/aromatic N) is 1. The van der Waals surface area contributed by atoms with Gasteiger partial charge in [0.1, 0.15) is 22.5 Å². The van der Waals surface area contributed by atoms with Crippen LogP contribution in [0.4, 0.5) is 0 Å². The zero-order valence-corrected chi connectivity index (χ0v) is 16.2. The molecule has 150 valence electrons. The molecule has 1 heterocycles. The van der Waals surface area contributed by atoms with Gasteiger partial charge in [-0.25, -0.2) is 19.2 Å². The molecular weight excluding hydrogens is 358 g/mol. The molecule has 0 fully saturated rings. The molecule has 0 aromatic carbocycles. The lowest BCUT2D eigenvalue weighted by atomic mass is 10.1. The molecule has 0 aliphatic carbocycles. The van der Waals surface area contributed by atoms with Gasteiger partial charge in [0.05, 0.1) is 26.4 Å². The van der Waals surface area contributed by atoms with Crippen LogP contribution >= 0.6 is 0 Å². The summed E-state index contributed by atoms with van der Waals surface area (Å²) in [6, 6.07) is 0. The van der Waals surface area contributed by atoms with E-state index in [0.717, 1.165) is 0 Å². The van der Waals surface area contributed by atoms with Crippen LogP contribution in [-0.2, 0) is 25.5 Å². The lowest BCUT2D eigenvalue weighted by Crippen LogP contribution is -2.19. The predicted molar refractivity (Wildman–Crippen MR) is 93.9 cm³/mol. The molecule has 0 aliphatic rings. The number of hydrogen-bond acceptors (Lipinski definition) is 8. The van der Waals surface area contributed by atoms with Gasteiger partial charge in [-0.3, -0.25) is 0 Å². The molecule has 1 aromatic rings. The summed E-state index contributed by atoms with van der Waals surface area (Å²) in [4.78, 5) is 50.2. The van der Waals surface area contributed by atoms with E-state index in [1.165, 1.54) is 4.57 Å². The standard InChI is InChI=1S/C18H25NO8/c1-6-19-13(17(22)26-9-4)11(15(20)24-7-2)12(16(21)25-8-3)14(19)18(23)27-10-5/h6-10H2,1-5H3. The molecule has 0 bridgehead atoms. The topological polar surface area (TPSA) is 110 Å². The molecule has 1 aromatic heterocycles. The van der Waals surface area contributed by atoms with Crippen molar-refractivity contribution >= 4 is 23.9 Å². The smallest absolute Gasteiger partial charge is 0.355 e. The molecule has 1 rings (SSSR count). The van der Waals surface area contributed by atoms with E-state index < -0.39 is 23.9 Å². The van der Waals surface area contributed by atoms with Crippen LogP contribution in [0.5, 0.6) is 0 Å². The molecule has 9 nitrogen and oxygen atoms in total. The average molecular weight is 383 g/mol. The summed E-state index contributed by atoms with van der Waals surface area (Å²) in [6.07, 6.45) is 0. The summed E-state index contributed by atoms with van der Waals surface area (Å²) >= 11 is 0. The van der Waals surface area contributed by atoms with Crippen molar-refractivity contribution in [3.8, 4) is 0 Å². The maximum Gasteiger partial charge on any atom is 0.355 e. The summed E-state index contributed by atoms with van der Waals surface area (Å²) in [5.74, 6) is -3.57. The van der Waals surface area contributed by atoms with Gasteiger partial charge in [-0.1, -0.05) is 0 Å². The number of carbonyl (C=O) groups excluding carboxylic acids is 4. The van der Waals surface area contributed by atoms with E-state index in [0.29, 0.717) is 0 Å². The monoisotopic (exact) mass is 383 g/mol. The highest BCUT2D eigenvalue weighted by molar-refractivity contribution is 6.15. The van der Waals surface area contributed by atoms with Gasteiger partial charge in [-0.2, -0.15) is 0 Å². The van der Waals surface area contributed by atoms with Crippen LogP contribution < -0.4 is 0 Å². The summed E-state index contributed by atoms with van der Waals surface area (Å²) in [7, 11) is 0. The summed E-state index contributed by atoms with van der Waals surface area (Å²) in [5.41, 5.74) is -1.22. The Labute approximate surface area is 157 Å². The van der Waals surface area contributed by atoms with Gasteiger partial charge in [-0.05, 0) is 34.6 Å². The number of carbonyl (C=O) groups is 4. The Morgan fingerprint density at radius 1 is 0.593 bits per heavy atom. The van der Waals surface area contributed by atoms with Gasteiger partial charge in [0.15, 0.2) is 0 Å². The molecule has 0 atom stereocenters. The third kappa shape index (κ3) is 4.66. The lowest BCUT2D eigenvalue weighted by molar-refractivity contribution is 0.0453. The first-order chi connectivity index (χ1) is 12.9. The van der Waals surface area contributed by atoms with E-state index in [9.17, 15) is 19.2 Å². The first-order valence-electron chi connectivity index (χ1n) is 8.84. The Kier molecular flexibility index (Phi) is 8.50. The van der Waals surface area contributed by atoms with E-state index in [1.54, 1.807) is 34.6 Å². The summed E-state index contributed by atoms with van der Waals surface area (Å²) in [5, 5.41) is 0. The molecule has 0 aliphatic heterocycles. The van der Waals surface area contributed by atoms with Gasteiger partial charge in [-0.15, -0.1) is 0 Å². The Hall–Kier alpha value is -2.84. The number of esters is 4. The van der Waals surface area contributed by atoms with Gasteiger partial charge >= 0.3 is 23.9 Å². The third-order valence-electron chi connectivity index (χ3n) is 3.48. The van der Waals surface area contributed by atoms with Gasteiger partial charge in [0, 0.05) is 6.54 Å². The second-order valence-corrected chi connectivity index (χ2v) is 5.07. The Morgan fingerprint density at radius 3 is 1.15 bits per heavy atom. The molecular formula is C18H25NO8. The fraction of sp³-hybridized carbons (Fsp3) is 0.556. The van der Waals surface area contributed by atoms with Crippen LogP contribution in [0.15, 0.2) is 0 Å². The predicted octanol–water partition coefficient (Wildman–Crippen LogP) is 2.21. The van der Waals surface area contributed by atoms with Crippen molar-refractivity contribution in [2.24, 2.45) is 0 Å². The van der Waals surface area contributed by atoms with Crippen LogP contribution in [-0.4, -0.2) is 54.9 Å². The van der Waals surface area contributed by atoms with Crippen molar-refractivity contribution in [3.63, 3.8) is 0 Å². The minimum atomic E-state index is -0.929. The van der Waals surface area contributed by atoms with E-state index in [1.807, 2.05) is 0 Å². The fourth-order valence-electron chi connectivity index (χ4n) is 2.56. The molecule has 0 unspecified atom stereocenters. The van der Waals surface area contributed by atoms with Gasteiger partial charge in [0.2, 0.25) is 0 Å². The van der Waals surface area contributed by atoms with Crippen LogP contribution in [0.1, 0.15) is 76.3 Å². The lowest BCUT2D eigenvalue weighted by Gasteiger charge is -2.10. The highest BCUT2D eigenvalue weighted by Gasteiger charge is 2.39. The maximum absolute atomic E-state index is 12.6. The number of ether oxygens (including phenoxy) is 4. The van der Waals surface area contributed by atoms with E-state index in [-0.39, 0.29) is 55.5 Å². The minimum Gasteiger partial charge on any atom is -0.462 e. The first kappa shape index (κ1) is 22.2. The SMILES string of the molecule is CCOC(=O)c1c(C(=O)OCC)c(C(=O)OCC)n(CC)c1C(=O)OCC. The van der Waals surface area contributed by atoms with Gasteiger partial charge in [0.25, 0.3) is 0 Å². The van der Waals surface area contributed by atoms with Crippen molar-refractivity contribution < 1.29 is 38.1 Å². The van der Waals surface area contributed by atoms with Crippen molar-refractivity contribution in [2.75, 3.05) is 26.4 Å². The van der Waals surface area contributed by atoms with E-state index in [4.69, 9.17) is 18.9 Å². The molecule has 9 heteroatoms. The Balaban J connectivity index is 3.90. The maximum atomic E-state index is 12.6. The van der Waals surface area contributed by atoms with Crippen molar-refractivity contribution in [1.29, 1.82) is 0 Å². The quantitative estimate of drug-likeness (QED) is 0.471. The second kappa shape index (κ2) is 10.3. The minimum absolute atomic E-state index is 0.00933. The summed E-state index contributed by atoms with van der Waals surface area (Å²) in [6.45, 7) is 8.21. The Bertz CT molecular complexity index is 662. The number of rotatable bonds is 9. The highest BCUT2D eigenvalue weighted by atomic mass is 16.5.